The van der Waals surface area contributed by atoms with Crippen LogP contribution in [0.2, 0.25) is 4.34 Å². The molecule has 0 aliphatic carbocycles. The Bertz CT molecular complexity index is 416. The van der Waals surface area contributed by atoms with Crippen molar-refractivity contribution in [2.75, 3.05) is 6.54 Å². The van der Waals surface area contributed by atoms with Gasteiger partial charge in [0.2, 0.25) is 0 Å². The lowest BCUT2D eigenvalue weighted by Gasteiger charge is -2.30. The van der Waals surface area contributed by atoms with Gasteiger partial charge in [-0.3, -0.25) is 4.79 Å². The van der Waals surface area contributed by atoms with Crippen LogP contribution in [0.3, 0.4) is 0 Å². The summed E-state index contributed by atoms with van der Waals surface area (Å²) in [6.07, 6.45) is 0.201. The quantitative estimate of drug-likeness (QED) is 0.841. The maximum Gasteiger partial charge on any atom is 0.264 e. The van der Waals surface area contributed by atoms with E-state index >= 15 is 0 Å². The molecule has 0 radical (unpaired) electrons. The van der Waals surface area contributed by atoms with Crippen molar-refractivity contribution in [3.05, 3.63) is 21.3 Å². The average molecular weight is 260 g/mol. The van der Waals surface area contributed by atoms with Crippen LogP contribution in [0.5, 0.6) is 0 Å². The Morgan fingerprint density at radius 3 is 2.75 bits per heavy atom. The Hall–Kier alpha value is -0.580. The molecule has 1 aromatic heterocycles. The first-order chi connectivity index (χ1) is 7.40. The van der Waals surface area contributed by atoms with Crippen molar-refractivity contribution < 1.29 is 9.90 Å². The number of likely N-dealkylation sites (tertiary alicyclic amines) is 1. The van der Waals surface area contributed by atoms with E-state index < -0.39 is 6.10 Å². The number of carbonyl (C=O) groups is 1. The zero-order valence-corrected chi connectivity index (χ0v) is 10.8. The van der Waals surface area contributed by atoms with E-state index in [9.17, 15) is 9.90 Å². The minimum Gasteiger partial charge on any atom is -0.391 e. The highest BCUT2D eigenvalue weighted by atomic mass is 35.5. The summed E-state index contributed by atoms with van der Waals surface area (Å²) in [5.41, 5.74) is -0.285. The van der Waals surface area contributed by atoms with E-state index in [-0.39, 0.29) is 11.4 Å². The third kappa shape index (κ3) is 2.10. The highest BCUT2D eigenvalue weighted by Gasteiger charge is 2.40. The first kappa shape index (κ1) is 11.9. The molecule has 3 nitrogen and oxygen atoms in total. The fraction of sp³-hybridized carbons (Fsp3) is 0.545. The summed E-state index contributed by atoms with van der Waals surface area (Å²) in [5.74, 6) is -0.0431. The monoisotopic (exact) mass is 259 g/mol. The topological polar surface area (TPSA) is 40.5 Å². The standard InChI is InChI=1S/C11H14ClNO2S/c1-11(2)5-7(14)6-13(11)10(15)8-3-4-9(12)16-8/h3-4,7,14H,5-6H2,1-2H3. The molecule has 1 N–H and O–H groups in total. The summed E-state index contributed by atoms with van der Waals surface area (Å²) in [7, 11) is 0. The van der Waals surface area contributed by atoms with Crippen molar-refractivity contribution in [1.29, 1.82) is 0 Å². The van der Waals surface area contributed by atoms with Crippen molar-refractivity contribution in [3.8, 4) is 0 Å². The van der Waals surface area contributed by atoms with E-state index in [1.165, 1.54) is 11.3 Å². The molecule has 0 saturated carbocycles. The number of amides is 1. The summed E-state index contributed by atoms with van der Waals surface area (Å²) in [6.45, 7) is 4.34. The fourth-order valence-corrected chi connectivity index (χ4v) is 3.12. The summed E-state index contributed by atoms with van der Waals surface area (Å²) in [5, 5.41) is 9.62. The largest absolute Gasteiger partial charge is 0.391 e. The van der Waals surface area contributed by atoms with Crippen molar-refractivity contribution in [1.82, 2.24) is 4.90 Å². The molecule has 1 aliphatic heterocycles. The Kier molecular flexibility index (Phi) is 2.99. The van der Waals surface area contributed by atoms with E-state index in [0.717, 1.165) is 0 Å². The van der Waals surface area contributed by atoms with E-state index in [1.807, 2.05) is 13.8 Å². The number of rotatable bonds is 1. The Morgan fingerprint density at radius 1 is 1.62 bits per heavy atom. The molecule has 0 spiro atoms. The molecule has 1 aliphatic rings. The first-order valence-corrected chi connectivity index (χ1v) is 6.35. The molecule has 0 aromatic carbocycles. The summed E-state index contributed by atoms with van der Waals surface area (Å²) >= 11 is 7.09. The number of β-amino-alcohol motifs (C(OH)–C–C–N with tert-alkyl or cyclic N) is 1. The molecule has 0 bridgehead atoms. The number of halogens is 1. The molecule has 5 heteroatoms. The Morgan fingerprint density at radius 2 is 2.31 bits per heavy atom. The molecule has 88 valence electrons. The zero-order valence-electron chi connectivity index (χ0n) is 9.24. The van der Waals surface area contributed by atoms with Crippen LogP contribution < -0.4 is 0 Å². The molecule has 2 heterocycles. The molecule has 1 aromatic rings. The number of nitrogens with zero attached hydrogens (tertiary/aromatic N) is 1. The SMILES string of the molecule is CC1(C)CC(O)CN1C(=O)c1ccc(Cl)s1. The maximum atomic E-state index is 12.2. The first-order valence-electron chi connectivity index (χ1n) is 5.15. The third-order valence-corrected chi connectivity index (χ3v) is 4.11. The van der Waals surface area contributed by atoms with Crippen LogP contribution >= 0.6 is 22.9 Å². The molecule has 1 fully saturated rings. The normalized spacial score (nSPS) is 23.8. The van der Waals surface area contributed by atoms with E-state index in [1.54, 1.807) is 17.0 Å². The number of aliphatic hydroxyl groups is 1. The van der Waals surface area contributed by atoms with Gasteiger partial charge in [-0.1, -0.05) is 11.6 Å². The molecule has 2 rings (SSSR count). The van der Waals surface area contributed by atoms with Crippen molar-refractivity contribution in [2.45, 2.75) is 31.9 Å². The molecular formula is C11H14ClNO2S. The van der Waals surface area contributed by atoms with Gasteiger partial charge in [0.15, 0.2) is 0 Å². The van der Waals surface area contributed by atoms with Gasteiger partial charge in [-0.2, -0.15) is 0 Å². The lowest BCUT2D eigenvalue weighted by atomic mass is 10.0. The second kappa shape index (κ2) is 4.02. The zero-order chi connectivity index (χ0) is 11.9. The number of aliphatic hydroxyl groups excluding tert-OH is 1. The van der Waals surface area contributed by atoms with Crippen molar-refractivity contribution >= 4 is 28.8 Å². The second-order valence-electron chi connectivity index (χ2n) is 4.69. The van der Waals surface area contributed by atoms with Crippen LogP contribution in [0.4, 0.5) is 0 Å². The van der Waals surface area contributed by atoms with Gasteiger partial charge in [-0.15, -0.1) is 11.3 Å². The predicted octanol–water partition coefficient (Wildman–Crippen LogP) is 2.39. The van der Waals surface area contributed by atoms with E-state index in [0.29, 0.717) is 22.2 Å². The van der Waals surface area contributed by atoms with Crippen LogP contribution in [-0.2, 0) is 0 Å². The van der Waals surface area contributed by atoms with Crippen LogP contribution in [0.25, 0.3) is 0 Å². The van der Waals surface area contributed by atoms with Crippen molar-refractivity contribution in [2.24, 2.45) is 0 Å². The van der Waals surface area contributed by atoms with Gasteiger partial charge >= 0.3 is 0 Å². The summed E-state index contributed by atoms with van der Waals surface area (Å²) < 4.78 is 0.612. The van der Waals surface area contributed by atoms with Gasteiger partial charge in [0.25, 0.3) is 5.91 Å². The molecule has 1 saturated heterocycles. The number of thiophene rings is 1. The highest BCUT2D eigenvalue weighted by Crippen LogP contribution is 2.32. The molecule has 1 unspecified atom stereocenters. The smallest absolute Gasteiger partial charge is 0.264 e. The number of hydrogen-bond acceptors (Lipinski definition) is 3. The lowest BCUT2D eigenvalue weighted by molar-refractivity contribution is 0.0646. The maximum absolute atomic E-state index is 12.2. The fourth-order valence-electron chi connectivity index (χ4n) is 2.13. The number of hydrogen-bond donors (Lipinski definition) is 1. The van der Waals surface area contributed by atoms with Crippen molar-refractivity contribution in [3.63, 3.8) is 0 Å². The molecular weight excluding hydrogens is 246 g/mol. The molecule has 1 atom stereocenters. The Labute approximate surface area is 104 Å². The number of carbonyl (C=O) groups excluding carboxylic acids is 1. The highest BCUT2D eigenvalue weighted by molar-refractivity contribution is 7.17. The van der Waals surface area contributed by atoms with E-state index in [4.69, 9.17) is 11.6 Å². The van der Waals surface area contributed by atoms with Gasteiger partial charge in [0.1, 0.15) is 0 Å². The average Bonchev–Trinajstić information content (AvgIpc) is 2.69. The van der Waals surface area contributed by atoms with Crippen LogP contribution in [0.1, 0.15) is 29.9 Å². The summed E-state index contributed by atoms with van der Waals surface area (Å²) in [6, 6.07) is 3.45. The second-order valence-corrected chi connectivity index (χ2v) is 6.40. The van der Waals surface area contributed by atoms with Gasteiger partial charge in [-0.25, -0.2) is 0 Å². The van der Waals surface area contributed by atoms with Crippen LogP contribution in [-0.4, -0.2) is 34.1 Å². The molecule has 16 heavy (non-hydrogen) atoms. The summed E-state index contributed by atoms with van der Waals surface area (Å²) in [4.78, 5) is 14.5. The van der Waals surface area contributed by atoms with Gasteiger partial charge < -0.3 is 10.0 Å². The van der Waals surface area contributed by atoms with Crippen LogP contribution in [0.15, 0.2) is 12.1 Å². The lowest BCUT2D eigenvalue weighted by Crippen LogP contribution is -2.42. The Balaban J connectivity index is 2.22. The van der Waals surface area contributed by atoms with Gasteiger partial charge in [-0.05, 0) is 32.4 Å². The third-order valence-electron chi connectivity index (χ3n) is 2.89. The van der Waals surface area contributed by atoms with Gasteiger partial charge in [0, 0.05) is 12.1 Å². The minimum absolute atomic E-state index is 0.0431. The predicted molar refractivity (Wildman–Crippen MR) is 65.1 cm³/mol. The minimum atomic E-state index is -0.422. The van der Waals surface area contributed by atoms with E-state index in [2.05, 4.69) is 0 Å². The molecule has 1 amide bonds. The van der Waals surface area contributed by atoms with Gasteiger partial charge in [0.05, 0.1) is 15.3 Å². The van der Waals surface area contributed by atoms with Crippen LogP contribution in [0, 0.1) is 0 Å².